The molecule has 6 heteroatoms. The molecule has 1 aromatic rings. The number of likely N-dealkylation sites (tertiary alicyclic amines) is 1. The van der Waals surface area contributed by atoms with Crippen molar-refractivity contribution in [3.8, 4) is 0 Å². The van der Waals surface area contributed by atoms with Crippen molar-refractivity contribution in [3.63, 3.8) is 0 Å². The Bertz CT molecular complexity index is 471. The fourth-order valence-electron chi connectivity index (χ4n) is 3.49. The number of nitrogens with zero attached hydrogens (tertiary/aromatic N) is 3. The summed E-state index contributed by atoms with van der Waals surface area (Å²) in [7, 11) is 0. The first-order valence-corrected chi connectivity index (χ1v) is 8.90. The molecular weight excluding hydrogens is 292 g/mol. The Morgan fingerprint density at radius 1 is 1.26 bits per heavy atom. The Labute approximate surface area is 138 Å². The van der Waals surface area contributed by atoms with Crippen molar-refractivity contribution in [1.82, 2.24) is 20.0 Å². The number of piperidine rings is 1. The van der Waals surface area contributed by atoms with Crippen LogP contribution in [-0.2, 0) is 16.0 Å². The van der Waals surface area contributed by atoms with Gasteiger partial charge in [-0.05, 0) is 44.3 Å². The molecule has 1 N–H and O–H groups in total. The van der Waals surface area contributed by atoms with Gasteiger partial charge in [0.05, 0.1) is 12.3 Å². The predicted molar refractivity (Wildman–Crippen MR) is 88.1 cm³/mol. The molecule has 2 aliphatic rings. The van der Waals surface area contributed by atoms with E-state index in [1.54, 1.807) is 6.20 Å². The molecule has 0 unspecified atom stereocenters. The quantitative estimate of drug-likeness (QED) is 0.892. The molecule has 3 rings (SSSR count). The van der Waals surface area contributed by atoms with E-state index in [9.17, 15) is 4.79 Å². The normalized spacial score (nSPS) is 23.7. The highest BCUT2D eigenvalue weighted by atomic mass is 16.5. The molecule has 23 heavy (non-hydrogen) atoms. The van der Waals surface area contributed by atoms with Crippen LogP contribution in [-0.4, -0.2) is 71.3 Å². The lowest BCUT2D eigenvalue weighted by atomic mass is 10.1. The van der Waals surface area contributed by atoms with Crippen molar-refractivity contribution in [3.05, 3.63) is 18.0 Å². The maximum Gasteiger partial charge on any atom is 0.222 e. The third-order valence-corrected chi connectivity index (χ3v) is 4.80. The molecule has 0 bridgehead atoms. The average Bonchev–Trinajstić information content (AvgIpc) is 2.99. The van der Waals surface area contributed by atoms with Gasteiger partial charge in [0.1, 0.15) is 0 Å². The molecule has 128 valence electrons. The predicted octanol–water partition coefficient (Wildman–Crippen LogP) is 1.45. The maximum atomic E-state index is 12.5. The molecule has 0 spiro atoms. The molecule has 2 fully saturated rings. The Morgan fingerprint density at radius 2 is 2.13 bits per heavy atom. The van der Waals surface area contributed by atoms with Crippen LogP contribution in [0.15, 0.2) is 12.4 Å². The van der Waals surface area contributed by atoms with E-state index in [1.165, 1.54) is 32.4 Å². The fraction of sp³-hybridized carbons (Fsp3) is 0.765. The standard InChI is InChI=1S/C17H28N4O2/c22-17(6-5-15-11-18-19-12-15)21-9-4-10-23-16(14-21)13-20-7-2-1-3-8-20/h11-12,16H,1-10,13-14H2,(H,18,19)/t16-/m0/s1. The zero-order valence-corrected chi connectivity index (χ0v) is 13.9. The minimum absolute atomic E-state index is 0.161. The molecule has 1 aromatic heterocycles. The van der Waals surface area contributed by atoms with Crippen molar-refractivity contribution in [1.29, 1.82) is 0 Å². The summed E-state index contributed by atoms with van der Waals surface area (Å²) in [5.74, 6) is 0.236. The van der Waals surface area contributed by atoms with Gasteiger partial charge in [0.25, 0.3) is 0 Å². The molecule has 6 nitrogen and oxygen atoms in total. The summed E-state index contributed by atoms with van der Waals surface area (Å²) in [6.07, 6.45) is 9.98. The van der Waals surface area contributed by atoms with Crippen molar-refractivity contribution in [2.24, 2.45) is 0 Å². The van der Waals surface area contributed by atoms with Crippen molar-refractivity contribution >= 4 is 5.91 Å². The van der Waals surface area contributed by atoms with E-state index in [2.05, 4.69) is 15.1 Å². The highest BCUT2D eigenvalue weighted by Crippen LogP contribution is 2.14. The summed E-state index contributed by atoms with van der Waals surface area (Å²) in [5.41, 5.74) is 1.09. The molecule has 0 radical (unpaired) electrons. The van der Waals surface area contributed by atoms with Crippen LogP contribution in [0.4, 0.5) is 0 Å². The monoisotopic (exact) mass is 320 g/mol. The Balaban J connectivity index is 1.48. The Morgan fingerprint density at radius 3 is 2.91 bits per heavy atom. The van der Waals surface area contributed by atoms with Gasteiger partial charge in [0, 0.05) is 38.9 Å². The average molecular weight is 320 g/mol. The second-order valence-corrected chi connectivity index (χ2v) is 6.65. The molecule has 0 aliphatic carbocycles. The molecule has 2 aliphatic heterocycles. The Hall–Kier alpha value is -1.40. The van der Waals surface area contributed by atoms with Crippen LogP contribution in [0, 0.1) is 0 Å². The highest BCUT2D eigenvalue weighted by molar-refractivity contribution is 5.76. The van der Waals surface area contributed by atoms with Crippen molar-refractivity contribution in [2.75, 3.05) is 39.3 Å². The molecule has 0 aromatic carbocycles. The first-order chi connectivity index (χ1) is 11.3. The van der Waals surface area contributed by atoms with Gasteiger partial charge in [-0.3, -0.25) is 9.89 Å². The summed E-state index contributed by atoms with van der Waals surface area (Å²) in [6.45, 7) is 5.64. The number of aromatic amines is 1. The minimum atomic E-state index is 0.161. The number of carbonyl (C=O) groups is 1. The number of amides is 1. The van der Waals surface area contributed by atoms with Crippen LogP contribution < -0.4 is 0 Å². The maximum absolute atomic E-state index is 12.5. The van der Waals surface area contributed by atoms with Gasteiger partial charge in [-0.15, -0.1) is 0 Å². The molecule has 1 atom stereocenters. The van der Waals surface area contributed by atoms with Gasteiger partial charge in [0.2, 0.25) is 5.91 Å². The van der Waals surface area contributed by atoms with Crippen LogP contribution in [0.25, 0.3) is 0 Å². The van der Waals surface area contributed by atoms with Crippen LogP contribution in [0.2, 0.25) is 0 Å². The summed E-state index contributed by atoms with van der Waals surface area (Å²) in [4.78, 5) is 17.0. The molecule has 3 heterocycles. The zero-order chi connectivity index (χ0) is 15.9. The van der Waals surface area contributed by atoms with Crippen molar-refractivity contribution < 1.29 is 9.53 Å². The smallest absolute Gasteiger partial charge is 0.222 e. The Kier molecular flexibility index (Phi) is 6.05. The van der Waals surface area contributed by atoms with Gasteiger partial charge in [-0.1, -0.05) is 6.42 Å². The molecule has 0 saturated carbocycles. The van der Waals surface area contributed by atoms with E-state index >= 15 is 0 Å². The number of ether oxygens (including phenoxy) is 1. The number of rotatable bonds is 5. The summed E-state index contributed by atoms with van der Waals surface area (Å²) < 4.78 is 5.99. The number of aromatic nitrogens is 2. The largest absolute Gasteiger partial charge is 0.375 e. The lowest BCUT2D eigenvalue weighted by Crippen LogP contribution is -2.43. The third-order valence-electron chi connectivity index (χ3n) is 4.80. The van der Waals surface area contributed by atoms with Gasteiger partial charge < -0.3 is 14.5 Å². The second-order valence-electron chi connectivity index (χ2n) is 6.65. The second kappa shape index (κ2) is 8.45. The van der Waals surface area contributed by atoms with E-state index in [1.807, 2.05) is 11.1 Å². The molecular formula is C17H28N4O2. The molecule has 1 amide bonds. The number of H-pyrrole nitrogens is 1. The van der Waals surface area contributed by atoms with Crippen LogP contribution >= 0.6 is 0 Å². The van der Waals surface area contributed by atoms with Crippen LogP contribution in [0.3, 0.4) is 0 Å². The van der Waals surface area contributed by atoms with Crippen LogP contribution in [0.5, 0.6) is 0 Å². The summed E-state index contributed by atoms with van der Waals surface area (Å²) >= 11 is 0. The number of hydrogen-bond donors (Lipinski definition) is 1. The SMILES string of the molecule is O=C(CCc1cn[nH]c1)N1CCCO[C@@H](CN2CCCCC2)C1. The lowest BCUT2D eigenvalue weighted by Gasteiger charge is -2.31. The minimum Gasteiger partial charge on any atom is -0.375 e. The van der Waals surface area contributed by atoms with Gasteiger partial charge in [0.15, 0.2) is 0 Å². The summed E-state index contributed by atoms with van der Waals surface area (Å²) in [6, 6.07) is 0. The van der Waals surface area contributed by atoms with E-state index in [0.29, 0.717) is 6.42 Å². The number of carbonyl (C=O) groups excluding carboxylic acids is 1. The van der Waals surface area contributed by atoms with Crippen LogP contribution in [0.1, 0.15) is 37.7 Å². The highest BCUT2D eigenvalue weighted by Gasteiger charge is 2.24. The van der Waals surface area contributed by atoms with Gasteiger partial charge >= 0.3 is 0 Å². The third kappa shape index (κ3) is 5.04. The molecule has 2 saturated heterocycles. The topological polar surface area (TPSA) is 61.5 Å². The first-order valence-electron chi connectivity index (χ1n) is 8.90. The van der Waals surface area contributed by atoms with E-state index in [0.717, 1.165) is 44.6 Å². The fourth-order valence-corrected chi connectivity index (χ4v) is 3.49. The van der Waals surface area contributed by atoms with E-state index < -0.39 is 0 Å². The van der Waals surface area contributed by atoms with Gasteiger partial charge in [-0.2, -0.15) is 5.10 Å². The van der Waals surface area contributed by atoms with Gasteiger partial charge in [-0.25, -0.2) is 0 Å². The van der Waals surface area contributed by atoms with Crippen molar-refractivity contribution in [2.45, 2.75) is 44.6 Å². The first kappa shape index (κ1) is 16.5. The lowest BCUT2D eigenvalue weighted by molar-refractivity contribution is -0.132. The zero-order valence-electron chi connectivity index (χ0n) is 13.9. The number of hydrogen-bond acceptors (Lipinski definition) is 4. The van der Waals surface area contributed by atoms with E-state index in [-0.39, 0.29) is 12.0 Å². The number of aryl methyl sites for hydroxylation is 1. The number of nitrogens with one attached hydrogen (secondary N) is 1. The van der Waals surface area contributed by atoms with E-state index in [4.69, 9.17) is 4.74 Å². The summed E-state index contributed by atoms with van der Waals surface area (Å²) in [5, 5.41) is 6.72.